The average molecular weight is 344 g/mol. The minimum absolute atomic E-state index is 0.0509. The van der Waals surface area contributed by atoms with Gasteiger partial charge in [0.05, 0.1) is 11.8 Å². The highest BCUT2D eigenvalue weighted by Crippen LogP contribution is 2.35. The predicted molar refractivity (Wildman–Crippen MR) is 89.6 cm³/mol. The molecule has 1 saturated heterocycles. The van der Waals surface area contributed by atoms with E-state index in [2.05, 4.69) is 0 Å². The third-order valence-corrected chi connectivity index (χ3v) is 4.94. The van der Waals surface area contributed by atoms with E-state index in [0.29, 0.717) is 18.4 Å². The van der Waals surface area contributed by atoms with Crippen molar-refractivity contribution in [3.05, 3.63) is 47.8 Å². The molecule has 0 radical (unpaired) electrons. The van der Waals surface area contributed by atoms with Crippen molar-refractivity contribution in [2.45, 2.75) is 25.8 Å². The van der Waals surface area contributed by atoms with Gasteiger partial charge < -0.3 is 4.90 Å². The molecule has 1 fully saturated rings. The number of fused-ring (bicyclic) bond motifs is 1. The lowest BCUT2D eigenvalue weighted by molar-refractivity contribution is -0.140. The van der Waals surface area contributed by atoms with Crippen molar-refractivity contribution in [2.24, 2.45) is 11.8 Å². The second-order valence-electron chi connectivity index (χ2n) is 6.58. The Morgan fingerprint density at radius 3 is 2.36 bits per heavy atom. The van der Waals surface area contributed by atoms with Crippen molar-refractivity contribution in [3.63, 3.8) is 0 Å². The number of hydrogen-bond acceptors (Lipinski definition) is 3. The van der Waals surface area contributed by atoms with Gasteiger partial charge in [0, 0.05) is 32.1 Å². The van der Waals surface area contributed by atoms with E-state index in [1.54, 1.807) is 25.2 Å². The van der Waals surface area contributed by atoms with E-state index >= 15 is 0 Å². The lowest BCUT2D eigenvalue weighted by atomic mass is 9.85. The number of benzene rings is 1. The first-order valence-corrected chi connectivity index (χ1v) is 8.46. The summed E-state index contributed by atoms with van der Waals surface area (Å²) in [6, 6.07) is 6.29. The van der Waals surface area contributed by atoms with Crippen LogP contribution in [0.4, 0.5) is 4.39 Å². The molecule has 25 heavy (non-hydrogen) atoms. The van der Waals surface area contributed by atoms with Crippen molar-refractivity contribution >= 4 is 17.7 Å². The molecule has 132 valence electrons. The maximum Gasteiger partial charge on any atom is 0.233 e. The number of hydrogen-bond donors (Lipinski definition) is 0. The molecule has 0 saturated carbocycles. The van der Waals surface area contributed by atoms with Gasteiger partial charge in [-0.2, -0.15) is 0 Å². The van der Waals surface area contributed by atoms with Crippen LogP contribution in [0.5, 0.6) is 0 Å². The minimum atomic E-state index is -0.358. The summed E-state index contributed by atoms with van der Waals surface area (Å²) in [5, 5.41) is 0. The summed E-state index contributed by atoms with van der Waals surface area (Å²) in [6.07, 6.45) is 5.10. The Labute approximate surface area is 146 Å². The molecule has 5 nitrogen and oxygen atoms in total. The van der Waals surface area contributed by atoms with Gasteiger partial charge in [-0.1, -0.05) is 30.4 Å². The van der Waals surface area contributed by atoms with Crippen LogP contribution in [0.2, 0.25) is 0 Å². The van der Waals surface area contributed by atoms with Gasteiger partial charge in [0.1, 0.15) is 5.82 Å². The number of allylic oxidation sites excluding steroid dienone is 2. The fourth-order valence-electron chi connectivity index (χ4n) is 3.46. The number of carbonyl (C=O) groups is 3. The van der Waals surface area contributed by atoms with Crippen molar-refractivity contribution in [1.29, 1.82) is 0 Å². The summed E-state index contributed by atoms with van der Waals surface area (Å²) < 4.78 is 13.7. The van der Waals surface area contributed by atoms with Gasteiger partial charge in [-0.3, -0.25) is 19.3 Å². The van der Waals surface area contributed by atoms with Crippen molar-refractivity contribution in [1.82, 2.24) is 9.80 Å². The lowest BCUT2D eigenvalue weighted by Gasteiger charge is -2.20. The number of carbonyl (C=O) groups excluding carboxylic acids is 3. The molecule has 3 amide bonds. The number of rotatable bonds is 5. The fourth-order valence-corrected chi connectivity index (χ4v) is 3.46. The summed E-state index contributed by atoms with van der Waals surface area (Å²) >= 11 is 0. The highest BCUT2D eigenvalue weighted by Gasteiger charge is 2.46. The molecule has 1 aromatic rings. The molecular weight excluding hydrogens is 323 g/mol. The highest BCUT2D eigenvalue weighted by molar-refractivity contribution is 6.05. The van der Waals surface area contributed by atoms with E-state index in [9.17, 15) is 18.8 Å². The first-order chi connectivity index (χ1) is 12.0. The quantitative estimate of drug-likeness (QED) is 0.607. The van der Waals surface area contributed by atoms with E-state index in [1.165, 1.54) is 15.9 Å². The van der Waals surface area contributed by atoms with Crippen molar-refractivity contribution in [2.75, 3.05) is 13.6 Å². The molecule has 0 aromatic heterocycles. The molecule has 0 N–H and O–H groups in total. The molecular formula is C19H21FN2O3. The molecule has 1 heterocycles. The van der Waals surface area contributed by atoms with E-state index in [1.807, 2.05) is 12.2 Å². The Morgan fingerprint density at radius 1 is 1.16 bits per heavy atom. The van der Waals surface area contributed by atoms with E-state index in [-0.39, 0.29) is 54.9 Å². The van der Waals surface area contributed by atoms with Gasteiger partial charge in [0.15, 0.2) is 0 Å². The first kappa shape index (κ1) is 17.3. The van der Waals surface area contributed by atoms with Crippen LogP contribution in [-0.2, 0) is 20.9 Å². The second-order valence-corrected chi connectivity index (χ2v) is 6.58. The SMILES string of the molecule is CN(Cc1ccccc1F)C(=O)CCN1C(=O)[C@H]2CC=CC[C@@H]2C1=O. The van der Waals surface area contributed by atoms with Crippen LogP contribution < -0.4 is 0 Å². The molecule has 6 heteroatoms. The van der Waals surface area contributed by atoms with Crippen LogP contribution in [0.15, 0.2) is 36.4 Å². The molecule has 2 atom stereocenters. The zero-order valence-electron chi connectivity index (χ0n) is 14.2. The van der Waals surface area contributed by atoms with Crippen LogP contribution in [0.25, 0.3) is 0 Å². The van der Waals surface area contributed by atoms with Crippen LogP contribution in [-0.4, -0.2) is 41.1 Å². The topological polar surface area (TPSA) is 57.7 Å². The van der Waals surface area contributed by atoms with Crippen LogP contribution in [0.3, 0.4) is 0 Å². The molecule has 2 aliphatic rings. The Kier molecular flexibility index (Phi) is 4.97. The Balaban J connectivity index is 1.56. The van der Waals surface area contributed by atoms with Crippen LogP contribution in [0, 0.1) is 17.7 Å². The Morgan fingerprint density at radius 2 is 1.76 bits per heavy atom. The largest absolute Gasteiger partial charge is 0.341 e. The number of nitrogens with zero attached hydrogens (tertiary/aromatic N) is 2. The van der Waals surface area contributed by atoms with E-state index in [0.717, 1.165) is 0 Å². The highest BCUT2D eigenvalue weighted by atomic mass is 19.1. The first-order valence-electron chi connectivity index (χ1n) is 8.46. The molecule has 1 aliphatic carbocycles. The van der Waals surface area contributed by atoms with Crippen LogP contribution in [0.1, 0.15) is 24.8 Å². The lowest BCUT2D eigenvalue weighted by Crippen LogP contribution is -2.36. The maximum atomic E-state index is 13.7. The van der Waals surface area contributed by atoms with Gasteiger partial charge in [-0.25, -0.2) is 4.39 Å². The zero-order valence-corrected chi connectivity index (χ0v) is 14.2. The monoisotopic (exact) mass is 344 g/mol. The smallest absolute Gasteiger partial charge is 0.233 e. The van der Waals surface area contributed by atoms with Crippen molar-refractivity contribution < 1.29 is 18.8 Å². The summed E-state index contributed by atoms with van der Waals surface area (Å²) in [5.41, 5.74) is 0.434. The summed E-state index contributed by atoms with van der Waals surface area (Å²) in [5.74, 6) is -1.49. The average Bonchev–Trinajstić information content (AvgIpc) is 2.86. The number of likely N-dealkylation sites (tertiary alicyclic amines) is 1. The number of imide groups is 1. The van der Waals surface area contributed by atoms with Crippen LogP contribution >= 0.6 is 0 Å². The van der Waals surface area contributed by atoms with E-state index < -0.39 is 0 Å². The molecule has 0 spiro atoms. The fraction of sp³-hybridized carbons (Fsp3) is 0.421. The summed E-state index contributed by atoms with van der Waals surface area (Å²) in [6.45, 7) is 0.244. The summed E-state index contributed by atoms with van der Waals surface area (Å²) in [7, 11) is 1.59. The van der Waals surface area contributed by atoms with Crippen molar-refractivity contribution in [3.8, 4) is 0 Å². The maximum absolute atomic E-state index is 13.7. The molecule has 1 aliphatic heterocycles. The standard InChI is InChI=1S/C19H21FN2O3/c1-21(12-13-6-2-5-9-16(13)20)17(23)10-11-22-18(24)14-7-3-4-8-15(14)19(22)25/h2-6,9,14-15H,7-8,10-12H2,1H3/t14-,15-/m0/s1. The zero-order chi connectivity index (χ0) is 18.0. The van der Waals surface area contributed by atoms with Gasteiger partial charge in [-0.05, 0) is 18.9 Å². The van der Waals surface area contributed by atoms with Gasteiger partial charge in [0.25, 0.3) is 0 Å². The van der Waals surface area contributed by atoms with Gasteiger partial charge in [-0.15, -0.1) is 0 Å². The molecule has 1 aromatic carbocycles. The van der Waals surface area contributed by atoms with Gasteiger partial charge in [0.2, 0.25) is 17.7 Å². The summed E-state index contributed by atoms with van der Waals surface area (Å²) in [4.78, 5) is 39.6. The Hall–Kier alpha value is -2.50. The minimum Gasteiger partial charge on any atom is -0.341 e. The molecule has 0 unspecified atom stereocenters. The third kappa shape index (κ3) is 3.48. The molecule has 0 bridgehead atoms. The van der Waals surface area contributed by atoms with Gasteiger partial charge >= 0.3 is 0 Å². The van der Waals surface area contributed by atoms with E-state index in [4.69, 9.17) is 0 Å². The molecule has 3 rings (SSSR count). The third-order valence-electron chi connectivity index (χ3n) is 4.94. The number of amides is 3. The Bertz CT molecular complexity index is 705. The number of halogens is 1. The predicted octanol–water partition coefficient (Wildman–Crippen LogP) is 2.13. The second kappa shape index (κ2) is 7.17. The normalized spacial score (nSPS) is 22.2.